The van der Waals surface area contributed by atoms with Gasteiger partial charge in [-0.15, -0.1) is 0 Å². The molecule has 1 aliphatic rings. The van der Waals surface area contributed by atoms with Crippen LogP contribution in [-0.4, -0.2) is 32.9 Å². The minimum atomic E-state index is 0.340. The van der Waals surface area contributed by atoms with Crippen molar-refractivity contribution in [2.24, 2.45) is 5.92 Å². The van der Waals surface area contributed by atoms with E-state index in [4.69, 9.17) is 9.47 Å². The SMILES string of the molecule is COCCNCCC(C)CCc1ccc2c(c1)CC(C)O2. The van der Waals surface area contributed by atoms with Gasteiger partial charge >= 0.3 is 0 Å². The van der Waals surface area contributed by atoms with Crippen molar-refractivity contribution in [1.82, 2.24) is 5.32 Å². The van der Waals surface area contributed by atoms with Crippen molar-refractivity contribution in [1.29, 1.82) is 0 Å². The average molecular weight is 291 g/mol. The van der Waals surface area contributed by atoms with Crippen molar-refractivity contribution < 1.29 is 9.47 Å². The van der Waals surface area contributed by atoms with E-state index in [2.05, 4.69) is 37.4 Å². The van der Waals surface area contributed by atoms with Crippen LogP contribution >= 0.6 is 0 Å². The molecule has 0 fully saturated rings. The van der Waals surface area contributed by atoms with Gasteiger partial charge in [-0.1, -0.05) is 19.1 Å². The maximum atomic E-state index is 5.75. The van der Waals surface area contributed by atoms with Crippen molar-refractivity contribution in [3.05, 3.63) is 29.3 Å². The monoisotopic (exact) mass is 291 g/mol. The fraction of sp³-hybridized carbons (Fsp3) is 0.667. The first-order valence-corrected chi connectivity index (χ1v) is 8.17. The van der Waals surface area contributed by atoms with Crippen molar-refractivity contribution >= 4 is 0 Å². The van der Waals surface area contributed by atoms with Crippen LogP contribution in [0.4, 0.5) is 0 Å². The van der Waals surface area contributed by atoms with E-state index in [-0.39, 0.29) is 0 Å². The molecule has 2 atom stereocenters. The van der Waals surface area contributed by atoms with E-state index in [9.17, 15) is 0 Å². The Labute approximate surface area is 129 Å². The number of nitrogens with one attached hydrogen (secondary N) is 1. The zero-order valence-corrected chi connectivity index (χ0v) is 13.7. The molecule has 0 aromatic heterocycles. The molecule has 0 saturated carbocycles. The zero-order valence-electron chi connectivity index (χ0n) is 13.7. The molecule has 0 saturated heterocycles. The molecule has 2 unspecified atom stereocenters. The van der Waals surface area contributed by atoms with Crippen molar-refractivity contribution in [3.63, 3.8) is 0 Å². The van der Waals surface area contributed by atoms with Crippen LogP contribution < -0.4 is 10.1 Å². The average Bonchev–Trinajstić information content (AvgIpc) is 2.84. The van der Waals surface area contributed by atoms with Gasteiger partial charge in [-0.05, 0) is 55.8 Å². The first kappa shape index (κ1) is 16.3. The van der Waals surface area contributed by atoms with Crippen molar-refractivity contribution in [2.75, 3.05) is 26.8 Å². The summed E-state index contributed by atoms with van der Waals surface area (Å²) in [5.41, 5.74) is 2.83. The van der Waals surface area contributed by atoms with Crippen LogP contribution in [0, 0.1) is 5.92 Å². The van der Waals surface area contributed by atoms with Crippen LogP contribution in [0.5, 0.6) is 5.75 Å². The summed E-state index contributed by atoms with van der Waals surface area (Å²) in [6, 6.07) is 6.70. The number of ether oxygens (including phenoxy) is 2. The number of aryl methyl sites for hydroxylation is 1. The van der Waals surface area contributed by atoms with Crippen LogP contribution in [0.1, 0.15) is 37.8 Å². The minimum Gasteiger partial charge on any atom is -0.490 e. The highest BCUT2D eigenvalue weighted by Crippen LogP contribution is 2.30. The number of fused-ring (bicyclic) bond motifs is 1. The predicted molar refractivity (Wildman–Crippen MR) is 87.1 cm³/mol. The molecule has 1 N–H and O–H groups in total. The zero-order chi connectivity index (χ0) is 15.1. The quantitative estimate of drug-likeness (QED) is 0.709. The van der Waals surface area contributed by atoms with Crippen LogP contribution in [0.25, 0.3) is 0 Å². The lowest BCUT2D eigenvalue weighted by Crippen LogP contribution is -2.21. The summed E-state index contributed by atoms with van der Waals surface area (Å²) in [5.74, 6) is 1.84. The Morgan fingerprint density at radius 3 is 3.00 bits per heavy atom. The molecule has 1 aromatic rings. The molecule has 1 heterocycles. The van der Waals surface area contributed by atoms with Gasteiger partial charge in [0.2, 0.25) is 0 Å². The molecule has 118 valence electrons. The molecule has 3 nitrogen and oxygen atoms in total. The predicted octanol–water partition coefficient (Wildman–Crippen LogP) is 3.20. The topological polar surface area (TPSA) is 30.5 Å². The fourth-order valence-electron chi connectivity index (χ4n) is 2.84. The summed E-state index contributed by atoms with van der Waals surface area (Å²) in [7, 11) is 1.74. The van der Waals surface area contributed by atoms with E-state index in [1.54, 1.807) is 7.11 Å². The molecule has 21 heavy (non-hydrogen) atoms. The Balaban J connectivity index is 1.67. The van der Waals surface area contributed by atoms with E-state index in [0.29, 0.717) is 6.10 Å². The summed E-state index contributed by atoms with van der Waals surface area (Å²) in [5, 5.41) is 3.41. The summed E-state index contributed by atoms with van der Waals surface area (Å²) in [6.45, 7) is 7.31. The Kier molecular flexibility index (Phi) is 6.52. The van der Waals surface area contributed by atoms with Crippen molar-refractivity contribution in [2.45, 2.75) is 45.6 Å². The third-order valence-electron chi connectivity index (χ3n) is 4.18. The maximum Gasteiger partial charge on any atom is 0.123 e. The number of methoxy groups -OCH3 is 1. The number of rotatable bonds is 9. The largest absolute Gasteiger partial charge is 0.490 e. The molecule has 0 spiro atoms. The molecule has 1 aromatic carbocycles. The second-order valence-corrected chi connectivity index (χ2v) is 6.25. The molecule has 1 aliphatic heterocycles. The van der Waals surface area contributed by atoms with Gasteiger partial charge in [0.25, 0.3) is 0 Å². The Bertz CT molecular complexity index is 433. The van der Waals surface area contributed by atoms with Crippen LogP contribution in [-0.2, 0) is 17.6 Å². The second-order valence-electron chi connectivity index (χ2n) is 6.25. The van der Waals surface area contributed by atoms with Crippen LogP contribution in [0.3, 0.4) is 0 Å². The summed E-state index contributed by atoms with van der Waals surface area (Å²) in [4.78, 5) is 0. The molecule has 0 bridgehead atoms. The Morgan fingerprint density at radius 1 is 1.33 bits per heavy atom. The van der Waals surface area contributed by atoms with Gasteiger partial charge in [0.05, 0.1) is 6.61 Å². The van der Waals surface area contributed by atoms with Gasteiger partial charge in [0.15, 0.2) is 0 Å². The fourth-order valence-corrected chi connectivity index (χ4v) is 2.84. The second kappa shape index (κ2) is 8.40. The lowest BCUT2D eigenvalue weighted by molar-refractivity contribution is 0.199. The minimum absolute atomic E-state index is 0.340. The lowest BCUT2D eigenvalue weighted by atomic mass is 9.97. The summed E-state index contributed by atoms with van der Waals surface area (Å²) < 4.78 is 10.8. The van der Waals surface area contributed by atoms with Gasteiger partial charge < -0.3 is 14.8 Å². The van der Waals surface area contributed by atoms with Gasteiger partial charge in [-0.2, -0.15) is 0 Å². The molecule has 0 amide bonds. The van der Waals surface area contributed by atoms with E-state index in [1.165, 1.54) is 30.4 Å². The van der Waals surface area contributed by atoms with Crippen LogP contribution in [0.2, 0.25) is 0 Å². The Morgan fingerprint density at radius 2 is 2.19 bits per heavy atom. The third kappa shape index (κ3) is 5.33. The Hall–Kier alpha value is -1.06. The first-order chi connectivity index (χ1) is 10.2. The van der Waals surface area contributed by atoms with E-state index in [0.717, 1.165) is 37.8 Å². The molecule has 0 aliphatic carbocycles. The molecule has 0 radical (unpaired) electrons. The first-order valence-electron chi connectivity index (χ1n) is 8.17. The van der Waals surface area contributed by atoms with Crippen LogP contribution in [0.15, 0.2) is 18.2 Å². The number of benzene rings is 1. The smallest absolute Gasteiger partial charge is 0.123 e. The summed E-state index contributed by atoms with van der Waals surface area (Å²) in [6.07, 6.45) is 5.05. The highest BCUT2D eigenvalue weighted by molar-refractivity contribution is 5.40. The van der Waals surface area contributed by atoms with Gasteiger partial charge in [-0.25, -0.2) is 0 Å². The van der Waals surface area contributed by atoms with Gasteiger partial charge in [0, 0.05) is 20.1 Å². The third-order valence-corrected chi connectivity index (χ3v) is 4.18. The molecule has 3 heteroatoms. The van der Waals surface area contributed by atoms with E-state index < -0.39 is 0 Å². The molecular formula is C18H29NO2. The summed E-state index contributed by atoms with van der Waals surface area (Å²) >= 11 is 0. The highest BCUT2D eigenvalue weighted by Gasteiger charge is 2.18. The van der Waals surface area contributed by atoms with Crippen molar-refractivity contribution in [3.8, 4) is 5.75 Å². The lowest BCUT2D eigenvalue weighted by Gasteiger charge is -2.12. The number of hydrogen-bond donors (Lipinski definition) is 1. The highest BCUT2D eigenvalue weighted by atomic mass is 16.5. The van der Waals surface area contributed by atoms with E-state index in [1.807, 2.05) is 0 Å². The normalized spacial score (nSPS) is 18.3. The maximum absolute atomic E-state index is 5.75. The molecule has 2 rings (SSSR count). The standard InChI is InChI=1S/C18H29NO2/c1-14(8-9-19-10-11-20-3)4-5-16-6-7-18-17(13-16)12-15(2)21-18/h6-7,13-15,19H,4-5,8-12H2,1-3H3. The molecular weight excluding hydrogens is 262 g/mol. The number of hydrogen-bond acceptors (Lipinski definition) is 3. The van der Waals surface area contributed by atoms with E-state index >= 15 is 0 Å². The van der Waals surface area contributed by atoms with Gasteiger partial charge in [0.1, 0.15) is 11.9 Å². The van der Waals surface area contributed by atoms with Gasteiger partial charge in [-0.3, -0.25) is 0 Å².